The first-order valence-electron chi connectivity index (χ1n) is 8.41. The lowest BCUT2D eigenvalue weighted by Gasteiger charge is -2.09. The number of hydrogen-bond acceptors (Lipinski definition) is 2. The Morgan fingerprint density at radius 3 is 1.95 bits per heavy atom. The van der Waals surface area contributed by atoms with E-state index >= 15 is 0 Å². The highest BCUT2D eigenvalue weighted by molar-refractivity contribution is 6.20. The minimum atomic E-state index is -0.101. The molecule has 3 heteroatoms. The fourth-order valence-corrected chi connectivity index (χ4v) is 2.69. The van der Waals surface area contributed by atoms with Gasteiger partial charge >= 0.3 is 5.97 Å². The van der Waals surface area contributed by atoms with E-state index in [1.165, 1.54) is 52.1 Å². The van der Waals surface area contributed by atoms with E-state index in [0.29, 0.717) is 11.8 Å². The fraction of sp³-hybridized carbons (Fsp3) is 0.941. The summed E-state index contributed by atoms with van der Waals surface area (Å²) in [6.07, 6.45) is 15.3. The van der Waals surface area contributed by atoms with Crippen LogP contribution in [0.25, 0.3) is 0 Å². The summed E-state index contributed by atoms with van der Waals surface area (Å²) in [5, 5.41) is 0.323. The minimum Gasteiger partial charge on any atom is -0.469 e. The molecule has 20 heavy (non-hydrogen) atoms. The monoisotopic (exact) mass is 304 g/mol. The largest absolute Gasteiger partial charge is 0.469 e. The van der Waals surface area contributed by atoms with Crippen molar-refractivity contribution in [1.29, 1.82) is 0 Å². The molecular formula is C17H33ClO2. The molecule has 0 aliphatic carbocycles. The summed E-state index contributed by atoms with van der Waals surface area (Å²) in [5.74, 6) is -0.101. The van der Waals surface area contributed by atoms with E-state index in [9.17, 15) is 4.79 Å². The quantitative estimate of drug-likeness (QED) is 0.228. The van der Waals surface area contributed by atoms with Crippen molar-refractivity contribution < 1.29 is 9.53 Å². The van der Waals surface area contributed by atoms with Crippen LogP contribution in [0, 0.1) is 0 Å². The smallest absolute Gasteiger partial charge is 0.305 e. The van der Waals surface area contributed by atoms with Crippen molar-refractivity contribution in [1.82, 2.24) is 0 Å². The van der Waals surface area contributed by atoms with Crippen molar-refractivity contribution in [3.63, 3.8) is 0 Å². The summed E-state index contributed by atoms with van der Waals surface area (Å²) in [6, 6.07) is 0. The molecule has 0 spiro atoms. The molecule has 0 saturated carbocycles. The maximum absolute atomic E-state index is 10.9. The molecular weight excluding hydrogens is 272 g/mol. The number of methoxy groups -OCH3 is 1. The zero-order chi connectivity index (χ0) is 15.1. The third kappa shape index (κ3) is 14.2. The highest BCUT2D eigenvalue weighted by Crippen LogP contribution is 2.17. The first-order valence-corrected chi connectivity index (χ1v) is 8.85. The van der Waals surface area contributed by atoms with E-state index in [0.717, 1.165) is 32.1 Å². The molecule has 1 atom stereocenters. The third-order valence-electron chi connectivity index (χ3n) is 3.75. The molecule has 0 aromatic heterocycles. The lowest BCUT2D eigenvalue weighted by atomic mass is 10.0. The second kappa shape index (κ2) is 15.2. The van der Waals surface area contributed by atoms with Crippen LogP contribution < -0.4 is 0 Å². The molecule has 0 bridgehead atoms. The summed E-state index contributed by atoms with van der Waals surface area (Å²) in [7, 11) is 1.44. The van der Waals surface area contributed by atoms with Crippen molar-refractivity contribution in [3.05, 3.63) is 0 Å². The molecule has 0 aromatic rings. The molecule has 0 saturated heterocycles. The lowest BCUT2D eigenvalue weighted by Crippen LogP contribution is -2.01. The average molecular weight is 305 g/mol. The molecule has 0 fully saturated rings. The van der Waals surface area contributed by atoms with E-state index in [1.807, 2.05) is 0 Å². The second-order valence-electron chi connectivity index (χ2n) is 5.68. The van der Waals surface area contributed by atoms with Crippen molar-refractivity contribution in [3.8, 4) is 0 Å². The van der Waals surface area contributed by atoms with Crippen LogP contribution in [0.2, 0.25) is 0 Å². The van der Waals surface area contributed by atoms with Crippen LogP contribution in [0.15, 0.2) is 0 Å². The van der Waals surface area contributed by atoms with Gasteiger partial charge in [-0.25, -0.2) is 0 Å². The van der Waals surface area contributed by atoms with Crippen LogP contribution in [-0.4, -0.2) is 18.5 Å². The van der Waals surface area contributed by atoms with Gasteiger partial charge in [0.1, 0.15) is 0 Å². The Kier molecular flexibility index (Phi) is 15.0. The summed E-state index contributed by atoms with van der Waals surface area (Å²) in [6.45, 7) is 2.25. The highest BCUT2D eigenvalue weighted by Gasteiger charge is 2.05. The zero-order valence-electron chi connectivity index (χ0n) is 13.5. The molecule has 120 valence electrons. The third-order valence-corrected chi connectivity index (χ3v) is 4.18. The Hall–Kier alpha value is -0.240. The molecule has 2 nitrogen and oxygen atoms in total. The van der Waals surface area contributed by atoms with Crippen molar-refractivity contribution in [2.24, 2.45) is 0 Å². The van der Waals surface area contributed by atoms with Crippen LogP contribution in [0.3, 0.4) is 0 Å². The van der Waals surface area contributed by atoms with Gasteiger partial charge in [-0.3, -0.25) is 4.79 Å². The van der Waals surface area contributed by atoms with E-state index in [4.69, 9.17) is 11.6 Å². The van der Waals surface area contributed by atoms with Crippen LogP contribution in [0.4, 0.5) is 0 Å². The van der Waals surface area contributed by atoms with Gasteiger partial charge in [0, 0.05) is 11.8 Å². The molecule has 0 rings (SSSR count). The van der Waals surface area contributed by atoms with Gasteiger partial charge in [0.15, 0.2) is 0 Å². The minimum absolute atomic E-state index is 0.101. The topological polar surface area (TPSA) is 26.3 Å². The summed E-state index contributed by atoms with van der Waals surface area (Å²) in [5.41, 5.74) is 0. The number of ether oxygens (including phenoxy) is 1. The van der Waals surface area contributed by atoms with Gasteiger partial charge in [-0.15, -0.1) is 11.6 Å². The molecule has 0 amide bonds. The first-order chi connectivity index (χ1) is 9.70. The van der Waals surface area contributed by atoms with E-state index in [-0.39, 0.29) is 5.97 Å². The maximum atomic E-state index is 10.9. The van der Waals surface area contributed by atoms with Crippen LogP contribution in [-0.2, 0) is 9.53 Å². The van der Waals surface area contributed by atoms with Crippen LogP contribution in [0.5, 0.6) is 0 Å². The Morgan fingerprint density at radius 2 is 1.40 bits per heavy atom. The average Bonchev–Trinajstić information content (AvgIpc) is 2.45. The van der Waals surface area contributed by atoms with Gasteiger partial charge in [-0.1, -0.05) is 64.7 Å². The number of hydrogen-bond donors (Lipinski definition) is 0. The van der Waals surface area contributed by atoms with Crippen LogP contribution in [0.1, 0.15) is 90.4 Å². The number of carbonyl (C=O) groups excluding carboxylic acids is 1. The summed E-state index contributed by atoms with van der Waals surface area (Å²) in [4.78, 5) is 10.9. The number of unbranched alkanes of at least 4 members (excludes halogenated alkanes) is 8. The molecule has 0 aliphatic rings. The number of carbonyl (C=O) groups is 1. The predicted octanol–water partition coefficient (Wildman–Crippen LogP) is 5.86. The summed E-state index contributed by atoms with van der Waals surface area (Å²) < 4.78 is 4.61. The molecule has 0 aromatic carbocycles. The summed E-state index contributed by atoms with van der Waals surface area (Å²) >= 11 is 6.32. The highest BCUT2D eigenvalue weighted by atomic mass is 35.5. The maximum Gasteiger partial charge on any atom is 0.305 e. The van der Waals surface area contributed by atoms with Gasteiger partial charge in [-0.2, -0.15) is 0 Å². The number of esters is 1. The van der Waals surface area contributed by atoms with E-state index in [2.05, 4.69) is 11.7 Å². The molecule has 0 aliphatic heterocycles. The first kappa shape index (κ1) is 19.8. The number of rotatable bonds is 14. The van der Waals surface area contributed by atoms with Crippen LogP contribution >= 0.6 is 11.6 Å². The molecule has 1 unspecified atom stereocenters. The second-order valence-corrected chi connectivity index (χ2v) is 6.30. The SMILES string of the molecule is CCCCCCCCCC(Cl)CCCCCC(=O)OC. The Morgan fingerprint density at radius 1 is 0.900 bits per heavy atom. The predicted molar refractivity (Wildman–Crippen MR) is 87.4 cm³/mol. The number of halogens is 1. The van der Waals surface area contributed by atoms with E-state index < -0.39 is 0 Å². The van der Waals surface area contributed by atoms with Gasteiger partial charge in [-0.05, 0) is 19.3 Å². The molecule has 0 radical (unpaired) electrons. The van der Waals surface area contributed by atoms with Gasteiger partial charge in [0.25, 0.3) is 0 Å². The lowest BCUT2D eigenvalue weighted by molar-refractivity contribution is -0.140. The molecule has 0 heterocycles. The number of alkyl halides is 1. The van der Waals surface area contributed by atoms with Gasteiger partial charge in [0.05, 0.1) is 7.11 Å². The van der Waals surface area contributed by atoms with E-state index in [1.54, 1.807) is 0 Å². The zero-order valence-corrected chi connectivity index (χ0v) is 14.2. The van der Waals surface area contributed by atoms with Crippen molar-refractivity contribution in [2.75, 3.05) is 7.11 Å². The standard InChI is InChI=1S/C17H33ClO2/c1-3-4-5-6-7-8-10-13-16(18)14-11-9-12-15-17(19)20-2/h16H,3-15H2,1-2H3. The fourth-order valence-electron chi connectivity index (χ4n) is 2.38. The van der Waals surface area contributed by atoms with Gasteiger partial charge in [0.2, 0.25) is 0 Å². The van der Waals surface area contributed by atoms with Crippen molar-refractivity contribution >= 4 is 17.6 Å². The van der Waals surface area contributed by atoms with Gasteiger partial charge < -0.3 is 4.74 Å². The Balaban J connectivity index is 3.20. The van der Waals surface area contributed by atoms with Crippen molar-refractivity contribution in [2.45, 2.75) is 95.8 Å². The molecule has 0 N–H and O–H groups in total. The normalized spacial score (nSPS) is 12.3. The Bertz CT molecular complexity index is 219. The Labute approximate surface area is 130 Å².